The van der Waals surface area contributed by atoms with Gasteiger partial charge in [0.1, 0.15) is 5.56 Å². The van der Waals surface area contributed by atoms with Gasteiger partial charge in [-0.2, -0.15) is 0 Å². The van der Waals surface area contributed by atoms with Crippen molar-refractivity contribution >= 4 is 11.8 Å². The van der Waals surface area contributed by atoms with E-state index in [1.54, 1.807) is 18.0 Å². The molecule has 1 aromatic rings. The van der Waals surface area contributed by atoms with E-state index in [0.29, 0.717) is 19.5 Å². The predicted octanol–water partition coefficient (Wildman–Crippen LogP) is 1.95. The Labute approximate surface area is 154 Å². The minimum atomic E-state index is -0.232. The number of hydrogen-bond acceptors (Lipinski definition) is 3. The van der Waals surface area contributed by atoms with Gasteiger partial charge in [0, 0.05) is 44.8 Å². The fourth-order valence-corrected chi connectivity index (χ4v) is 4.17. The quantitative estimate of drug-likeness (QED) is 0.811. The van der Waals surface area contributed by atoms with E-state index in [-0.39, 0.29) is 34.4 Å². The predicted molar refractivity (Wildman–Crippen MR) is 100 cm³/mol. The highest BCUT2D eigenvalue weighted by Gasteiger charge is 2.42. The highest BCUT2D eigenvalue weighted by atomic mass is 16.2. The number of aromatic nitrogens is 1. The third-order valence-electron chi connectivity index (χ3n) is 6.22. The molecule has 1 spiro atoms. The van der Waals surface area contributed by atoms with Crippen molar-refractivity contribution in [2.75, 3.05) is 19.6 Å². The number of likely N-dealkylation sites (tertiary alicyclic amines) is 2. The second kappa shape index (κ2) is 6.89. The Kier molecular flexibility index (Phi) is 4.95. The summed E-state index contributed by atoms with van der Waals surface area (Å²) in [6.07, 6.45) is 3.29. The van der Waals surface area contributed by atoms with Crippen LogP contribution in [0.3, 0.4) is 0 Å². The van der Waals surface area contributed by atoms with Crippen LogP contribution in [0.25, 0.3) is 0 Å². The van der Waals surface area contributed by atoms with Crippen molar-refractivity contribution in [2.45, 2.75) is 52.5 Å². The largest absolute Gasteiger partial charge is 0.340 e. The average Bonchev–Trinajstić information content (AvgIpc) is 2.62. The summed E-state index contributed by atoms with van der Waals surface area (Å²) < 4.78 is 1.52. The first-order valence-electron chi connectivity index (χ1n) is 9.49. The molecule has 0 aliphatic carbocycles. The summed E-state index contributed by atoms with van der Waals surface area (Å²) in [5, 5.41) is 0. The Hall–Kier alpha value is -2.11. The molecule has 3 rings (SSSR count). The second-order valence-electron chi connectivity index (χ2n) is 8.16. The average molecular weight is 359 g/mol. The molecule has 1 aromatic heterocycles. The molecule has 3 heterocycles. The number of rotatable bonds is 2. The van der Waals surface area contributed by atoms with Crippen molar-refractivity contribution in [3.8, 4) is 0 Å². The number of carbonyl (C=O) groups excluding carboxylic acids is 2. The summed E-state index contributed by atoms with van der Waals surface area (Å²) in [4.78, 5) is 41.1. The lowest BCUT2D eigenvalue weighted by Crippen LogP contribution is -2.54. The molecule has 6 heteroatoms. The minimum Gasteiger partial charge on any atom is -0.340 e. The van der Waals surface area contributed by atoms with Crippen LogP contribution in [-0.2, 0) is 11.8 Å². The fourth-order valence-electron chi connectivity index (χ4n) is 4.17. The molecular formula is C20H29N3O3. The van der Waals surface area contributed by atoms with Gasteiger partial charge in [-0.15, -0.1) is 0 Å². The smallest absolute Gasteiger partial charge is 0.263 e. The maximum Gasteiger partial charge on any atom is 0.263 e. The molecule has 26 heavy (non-hydrogen) atoms. The summed E-state index contributed by atoms with van der Waals surface area (Å²) >= 11 is 0. The minimum absolute atomic E-state index is 0.118. The van der Waals surface area contributed by atoms with Crippen LogP contribution < -0.4 is 5.56 Å². The van der Waals surface area contributed by atoms with Gasteiger partial charge in [0.15, 0.2) is 0 Å². The maximum atomic E-state index is 12.8. The molecular weight excluding hydrogens is 330 g/mol. The highest BCUT2D eigenvalue weighted by molar-refractivity contribution is 5.94. The number of aryl methyl sites for hydroxylation is 1. The van der Waals surface area contributed by atoms with Gasteiger partial charge in [-0.25, -0.2) is 0 Å². The van der Waals surface area contributed by atoms with E-state index in [9.17, 15) is 14.4 Å². The van der Waals surface area contributed by atoms with Crippen LogP contribution in [0.15, 0.2) is 16.9 Å². The maximum absolute atomic E-state index is 12.8. The van der Waals surface area contributed by atoms with Crippen molar-refractivity contribution in [2.24, 2.45) is 12.5 Å². The number of carbonyl (C=O) groups is 2. The fraction of sp³-hybridized carbons (Fsp3) is 0.650. The van der Waals surface area contributed by atoms with Gasteiger partial charge < -0.3 is 14.4 Å². The van der Waals surface area contributed by atoms with Crippen LogP contribution >= 0.6 is 0 Å². The first kappa shape index (κ1) is 18.7. The lowest BCUT2D eigenvalue weighted by molar-refractivity contribution is -0.141. The van der Waals surface area contributed by atoms with Gasteiger partial charge in [-0.05, 0) is 57.6 Å². The highest BCUT2D eigenvalue weighted by Crippen LogP contribution is 2.40. The standard InChI is InChI=1S/C20H29N3O3/c1-14(2)23-13-20(8-7-17(23)24)9-11-22(12-10-20)19(26)16-6-5-15(3)21(4)18(16)25/h5-6,14H,7-13H2,1-4H3. The topological polar surface area (TPSA) is 62.6 Å². The Balaban J connectivity index is 1.71. The van der Waals surface area contributed by atoms with Crippen LogP contribution in [0.2, 0.25) is 0 Å². The molecule has 2 aliphatic rings. The van der Waals surface area contributed by atoms with E-state index < -0.39 is 0 Å². The zero-order chi connectivity index (χ0) is 19.1. The molecule has 0 saturated carbocycles. The molecule has 2 fully saturated rings. The lowest BCUT2D eigenvalue weighted by atomic mass is 9.72. The number of hydrogen-bond donors (Lipinski definition) is 0. The van der Waals surface area contributed by atoms with Gasteiger partial charge in [0.2, 0.25) is 5.91 Å². The van der Waals surface area contributed by atoms with Crippen molar-refractivity contribution in [1.82, 2.24) is 14.4 Å². The first-order valence-corrected chi connectivity index (χ1v) is 9.49. The summed E-state index contributed by atoms with van der Waals surface area (Å²) in [5.41, 5.74) is 0.971. The molecule has 2 aliphatic heterocycles. The molecule has 0 unspecified atom stereocenters. The zero-order valence-electron chi connectivity index (χ0n) is 16.2. The third kappa shape index (κ3) is 3.29. The summed E-state index contributed by atoms with van der Waals surface area (Å²) in [6, 6.07) is 3.67. The molecule has 0 atom stereocenters. The van der Waals surface area contributed by atoms with E-state index in [0.717, 1.165) is 31.5 Å². The Morgan fingerprint density at radius 1 is 1.12 bits per heavy atom. The van der Waals surface area contributed by atoms with Crippen LogP contribution in [0, 0.1) is 12.3 Å². The summed E-state index contributed by atoms with van der Waals surface area (Å²) in [6.45, 7) is 8.06. The SMILES string of the molecule is Cc1ccc(C(=O)N2CCC3(CCC(=O)N(C(C)C)C3)CC2)c(=O)n1C. The van der Waals surface area contributed by atoms with Crippen LogP contribution in [0.1, 0.15) is 55.6 Å². The normalized spacial score (nSPS) is 20.1. The number of piperidine rings is 2. The van der Waals surface area contributed by atoms with Crippen molar-refractivity contribution in [1.29, 1.82) is 0 Å². The molecule has 0 radical (unpaired) electrons. The second-order valence-corrected chi connectivity index (χ2v) is 8.16. The third-order valence-corrected chi connectivity index (χ3v) is 6.22. The number of amides is 2. The van der Waals surface area contributed by atoms with Gasteiger partial charge in [0.05, 0.1) is 0 Å². The van der Waals surface area contributed by atoms with Gasteiger partial charge in [-0.1, -0.05) is 0 Å². The monoisotopic (exact) mass is 359 g/mol. The van der Waals surface area contributed by atoms with Crippen LogP contribution in [0.4, 0.5) is 0 Å². The van der Waals surface area contributed by atoms with Crippen LogP contribution in [-0.4, -0.2) is 51.9 Å². The number of nitrogens with zero attached hydrogens (tertiary/aromatic N) is 3. The van der Waals surface area contributed by atoms with Crippen LogP contribution in [0.5, 0.6) is 0 Å². The molecule has 0 bridgehead atoms. The van der Waals surface area contributed by atoms with Crippen molar-refractivity contribution in [3.05, 3.63) is 33.7 Å². The van der Waals surface area contributed by atoms with Gasteiger partial charge in [0.25, 0.3) is 11.5 Å². The summed E-state index contributed by atoms with van der Waals surface area (Å²) in [5.74, 6) is 0.0698. The van der Waals surface area contributed by atoms with E-state index in [1.165, 1.54) is 4.57 Å². The molecule has 142 valence electrons. The first-order chi connectivity index (χ1) is 12.2. The van der Waals surface area contributed by atoms with E-state index in [2.05, 4.69) is 13.8 Å². The molecule has 2 amide bonds. The number of pyridine rings is 1. The molecule has 6 nitrogen and oxygen atoms in total. The lowest BCUT2D eigenvalue weighted by Gasteiger charge is -2.48. The van der Waals surface area contributed by atoms with E-state index >= 15 is 0 Å². The zero-order valence-corrected chi connectivity index (χ0v) is 16.2. The van der Waals surface area contributed by atoms with Gasteiger partial charge >= 0.3 is 0 Å². The van der Waals surface area contributed by atoms with E-state index in [1.807, 2.05) is 17.9 Å². The van der Waals surface area contributed by atoms with Crippen molar-refractivity contribution < 1.29 is 9.59 Å². The van der Waals surface area contributed by atoms with Crippen molar-refractivity contribution in [3.63, 3.8) is 0 Å². The van der Waals surface area contributed by atoms with E-state index in [4.69, 9.17) is 0 Å². The Bertz CT molecular complexity index is 773. The molecule has 2 saturated heterocycles. The molecule has 0 aromatic carbocycles. The Morgan fingerprint density at radius 2 is 1.77 bits per heavy atom. The van der Waals surface area contributed by atoms with Gasteiger partial charge in [-0.3, -0.25) is 14.4 Å². The molecule has 0 N–H and O–H groups in total. The summed E-state index contributed by atoms with van der Waals surface area (Å²) in [7, 11) is 1.69. The Morgan fingerprint density at radius 3 is 2.38 bits per heavy atom.